The quantitative estimate of drug-likeness (QED) is 0.364. The van der Waals surface area contributed by atoms with Crippen LogP contribution in [0.5, 0.6) is 11.6 Å². The summed E-state index contributed by atoms with van der Waals surface area (Å²) < 4.78 is 56.8. The molecule has 0 radical (unpaired) electrons. The van der Waals surface area contributed by atoms with Gasteiger partial charge in [0.25, 0.3) is 0 Å². The highest BCUT2D eigenvalue weighted by Crippen LogP contribution is 2.43. The summed E-state index contributed by atoms with van der Waals surface area (Å²) in [4.78, 5) is 4.23. The minimum absolute atomic E-state index is 0.260. The Morgan fingerprint density at radius 2 is 1.48 bits per heavy atom. The van der Waals surface area contributed by atoms with Crippen LogP contribution in [0.2, 0.25) is 0 Å². The number of aromatic nitrogens is 1. The Morgan fingerprint density at radius 3 is 2.00 bits per heavy atom. The Labute approximate surface area is 181 Å². The standard InChI is InChI=1S/C22H21F3NO2P.C2H6/c1-3-29(27,4-2)19-13-7-16(8-14-19)20-6-5-15-26-21(20)28-18-11-9-17(10-12-18)22(23,24)25;1-2/h5-15H,3-4H2,1-2H3;1-2H3. The second-order valence-corrected chi connectivity index (χ2v) is 10.1. The Balaban J connectivity index is 0.00000166. The lowest BCUT2D eigenvalue weighted by molar-refractivity contribution is -0.137. The van der Waals surface area contributed by atoms with Gasteiger partial charge in [-0.3, -0.25) is 0 Å². The second kappa shape index (κ2) is 10.6. The van der Waals surface area contributed by atoms with Gasteiger partial charge in [-0.15, -0.1) is 0 Å². The van der Waals surface area contributed by atoms with Gasteiger partial charge in [0.1, 0.15) is 12.9 Å². The van der Waals surface area contributed by atoms with Gasteiger partial charge >= 0.3 is 6.18 Å². The van der Waals surface area contributed by atoms with E-state index in [0.717, 1.165) is 23.0 Å². The van der Waals surface area contributed by atoms with Crippen molar-refractivity contribution in [1.82, 2.24) is 4.98 Å². The zero-order valence-electron chi connectivity index (χ0n) is 18.1. The maximum absolute atomic E-state index is 12.9. The van der Waals surface area contributed by atoms with Crippen LogP contribution in [0, 0.1) is 0 Å². The smallest absolute Gasteiger partial charge is 0.416 e. The largest absolute Gasteiger partial charge is 0.438 e. The lowest BCUT2D eigenvalue weighted by Crippen LogP contribution is -2.08. The molecule has 0 atom stereocenters. The third-order valence-electron chi connectivity index (χ3n) is 4.84. The van der Waals surface area contributed by atoms with E-state index < -0.39 is 18.9 Å². The highest BCUT2D eigenvalue weighted by atomic mass is 31.2. The summed E-state index contributed by atoms with van der Waals surface area (Å²) in [5.41, 5.74) is 0.780. The fraction of sp³-hybridized carbons (Fsp3) is 0.292. The third-order valence-corrected chi connectivity index (χ3v) is 8.12. The third kappa shape index (κ3) is 5.98. The van der Waals surface area contributed by atoms with Crippen molar-refractivity contribution >= 4 is 12.4 Å². The van der Waals surface area contributed by atoms with Crippen molar-refractivity contribution in [2.24, 2.45) is 0 Å². The van der Waals surface area contributed by atoms with E-state index in [4.69, 9.17) is 4.74 Å². The van der Waals surface area contributed by atoms with Crippen molar-refractivity contribution < 1.29 is 22.5 Å². The predicted molar refractivity (Wildman–Crippen MR) is 121 cm³/mol. The Kier molecular flexibility index (Phi) is 8.46. The molecule has 3 aromatic rings. The van der Waals surface area contributed by atoms with E-state index in [1.54, 1.807) is 12.3 Å². The van der Waals surface area contributed by atoms with E-state index in [2.05, 4.69) is 4.98 Å². The lowest BCUT2D eigenvalue weighted by atomic mass is 10.1. The van der Waals surface area contributed by atoms with Crippen LogP contribution >= 0.6 is 7.14 Å². The summed E-state index contributed by atoms with van der Waals surface area (Å²) in [5, 5.41) is 0.834. The van der Waals surface area contributed by atoms with E-state index in [1.807, 2.05) is 58.0 Å². The maximum atomic E-state index is 12.9. The first-order valence-corrected chi connectivity index (χ1v) is 12.3. The number of halogens is 3. The number of hydrogen-bond donors (Lipinski definition) is 0. The SMILES string of the molecule is CC.CCP(=O)(CC)c1ccc(-c2cccnc2Oc2ccc(C(F)(F)F)cc2)cc1. The molecule has 0 bridgehead atoms. The molecule has 3 rings (SSSR count). The van der Waals surface area contributed by atoms with Crippen LogP contribution in [0.1, 0.15) is 33.3 Å². The molecule has 0 N–H and O–H groups in total. The molecular weight excluding hydrogens is 422 g/mol. The van der Waals surface area contributed by atoms with E-state index in [9.17, 15) is 17.7 Å². The molecule has 0 aliphatic heterocycles. The highest BCUT2D eigenvalue weighted by Gasteiger charge is 2.30. The molecule has 0 aliphatic rings. The van der Waals surface area contributed by atoms with Crippen LogP contribution in [0.15, 0.2) is 66.9 Å². The van der Waals surface area contributed by atoms with Crippen molar-refractivity contribution in [3.8, 4) is 22.8 Å². The number of ether oxygens (including phenoxy) is 1. The van der Waals surface area contributed by atoms with Crippen molar-refractivity contribution in [2.75, 3.05) is 12.3 Å². The number of nitrogens with zero attached hydrogens (tertiary/aromatic N) is 1. The van der Waals surface area contributed by atoms with Gasteiger partial charge < -0.3 is 9.30 Å². The van der Waals surface area contributed by atoms with Crippen LogP contribution in [0.3, 0.4) is 0 Å². The van der Waals surface area contributed by atoms with Crippen LogP contribution in [-0.2, 0) is 10.7 Å². The summed E-state index contributed by atoms with van der Waals surface area (Å²) >= 11 is 0. The van der Waals surface area contributed by atoms with Crippen LogP contribution in [-0.4, -0.2) is 17.3 Å². The minimum Gasteiger partial charge on any atom is -0.438 e. The fourth-order valence-electron chi connectivity index (χ4n) is 3.02. The summed E-state index contributed by atoms with van der Waals surface area (Å²) in [6.07, 6.45) is -1.62. The van der Waals surface area contributed by atoms with Crippen molar-refractivity contribution in [3.05, 3.63) is 72.4 Å². The molecule has 0 unspecified atom stereocenters. The molecule has 0 amide bonds. The summed E-state index contributed by atoms with van der Waals surface area (Å²) in [7, 11) is -2.37. The molecule has 0 saturated heterocycles. The molecule has 3 nitrogen and oxygen atoms in total. The van der Waals surface area contributed by atoms with Crippen LogP contribution < -0.4 is 10.0 Å². The second-order valence-electron chi connectivity index (χ2n) is 6.55. The average Bonchev–Trinajstić information content (AvgIpc) is 2.80. The minimum atomic E-state index is -4.40. The molecule has 0 fully saturated rings. The van der Waals surface area contributed by atoms with Crippen LogP contribution in [0.25, 0.3) is 11.1 Å². The number of rotatable bonds is 6. The van der Waals surface area contributed by atoms with Gasteiger partial charge in [0.2, 0.25) is 5.88 Å². The van der Waals surface area contributed by atoms with Crippen molar-refractivity contribution in [3.63, 3.8) is 0 Å². The van der Waals surface area contributed by atoms with Gasteiger partial charge in [-0.05, 0) is 42.0 Å². The zero-order chi connectivity index (χ0) is 23.1. The molecule has 0 spiro atoms. The molecule has 31 heavy (non-hydrogen) atoms. The number of hydrogen-bond acceptors (Lipinski definition) is 3. The molecule has 7 heteroatoms. The fourth-order valence-corrected chi connectivity index (χ4v) is 4.89. The van der Waals surface area contributed by atoms with Gasteiger partial charge in [-0.1, -0.05) is 52.0 Å². The van der Waals surface area contributed by atoms with E-state index >= 15 is 0 Å². The first kappa shape index (κ1) is 24.7. The Hall–Kier alpha value is -2.59. The van der Waals surface area contributed by atoms with Gasteiger partial charge in [-0.2, -0.15) is 13.2 Å². The Bertz CT molecular complexity index is 1010. The predicted octanol–water partition coefficient (Wildman–Crippen LogP) is 7.61. The van der Waals surface area contributed by atoms with E-state index in [0.29, 0.717) is 17.9 Å². The number of alkyl halides is 3. The average molecular weight is 449 g/mol. The highest BCUT2D eigenvalue weighted by molar-refractivity contribution is 7.71. The molecule has 0 saturated carbocycles. The Morgan fingerprint density at radius 1 is 0.903 bits per heavy atom. The summed E-state index contributed by atoms with van der Waals surface area (Å²) in [6.45, 7) is 7.85. The topological polar surface area (TPSA) is 39.2 Å². The monoisotopic (exact) mass is 449 g/mol. The molecule has 0 aliphatic carbocycles. The van der Waals surface area contributed by atoms with E-state index in [1.165, 1.54) is 12.1 Å². The summed E-state index contributed by atoms with van der Waals surface area (Å²) in [5.74, 6) is 0.546. The van der Waals surface area contributed by atoms with Gasteiger partial charge in [-0.25, -0.2) is 4.98 Å². The van der Waals surface area contributed by atoms with Gasteiger partial charge in [0, 0.05) is 29.4 Å². The lowest BCUT2D eigenvalue weighted by Gasteiger charge is -2.15. The van der Waals surface area contributed by atoms with Gasteiger partial charge in [0.15, 0.2) is 0 Å². The van der Waals surface area contributed by atoms with Crippen molar-refractivity contribution in [1.29, 1.82) is 0 Å². The molecule has 1 aromatic heterocycles. The maximum Gasteiger partial charge on any atom is 0.416 e. The normalized spacial score (nSPS) is 11.5. The van der Waals surface area contributed by atoms with Gasteiger partial charge in [0.05, 0.1) is 5.56 Å². The van der Waals surface area contributed by atoms with Crippen molar-refractivity contribution in [2.45, 2.75) is 33.9 Å². The number of benzene rings is 2. The molecule has 166 valence electrons. The van der Waals surface area contributed by atoms with E-state index in [-0.39, 0.29) is 11.6 Å². The first-order chi connectivity index (χ1) is 14.8. The van der Waals surface area contributed by atoms with Crippen LogP contribution in [0.4, 0.5) is 13.2 Å². The molecule has 1 heterocycles. The first-order valence-electron chi connectivity index (χ1n) is 10.3. The zero-order valence-corrected chi connectivity index (χ0v) is 19.0. The number of pyridine rings is 1. The molecular formula is C24H27F3NO2P. The summed E-state index contributed by atoms with van der Waals surface area (Å²) in [6, 6.07) is 15.5. The molecule has 2 aromatic carbocycles.